The van der Waals surface area contributed by atoms with Crippen molar-refractivity contribution in [3.05, 3.63) is 53.1 Å². The average molecular weight is 365 g/mol. The largest absolute Gasteiger partial charge is 0.494 e. The Bertz CT molecular complexity index is 735. The van der Waals surface area contributed by atoms with Gasteiger partial charge in [-0.05, 0) is 49.4 Å². The van der Waals surface area contributed by atoms with Crippen LogP contribution in [0.2, 0.25) is 5.02 Å². The number of nitrogens with one attached hydrogen (secondary N) is 1. The summed E-state index contributed by atoms with van der Waals surface area (Å²) in [5, 5.41) is 2.94. The summed E-state index contributed by atoms with van der Waals surface area (Å²) in [6.07, 6.45) is 0. The normalized spacial score (nSPS) is 10.2. The molecule has 0 unspecified atom stereocenters. The maximum atomic E-state index is 12.0. The molecule has 0 aliphatic heterocycles. The molecule has 0 spiro atoms. The van der Waals surface area contributed by atoms with Crippen LogP contribution >= 0.6 is 23.4 Å². The number of nitrogens with two attached hydrogens (primary N) is 1. The van der Waals surface area contributed by atoms with Gasteiger partial charge in [0.1, 0.15) is 5.75 Å². The number of carbonyl (C=O) groups is 2. The van der Waals surface area contributed by atoms with E-state index in [4.69, 9.17) is 22.1 Å². The first-order chi connectivity index (χ1) is 11.5. The summed E-state index contributed by atoms with van der Waals surface area (Å²) in [4.78, 5) is 24.1. The van der Waals surface area contributed by atoms with Crippen LogP contribution in [-0.2, 0) is 4.79 Å². The topological polar surface area (TPSA) is 81.4 Å². The number of anilines is 1. The number of benzene rings is 2. The molecule has 2 aromatic carbocycles. The molecule has 0 saturated carbocycles. The number of halogens is 1. The van der Waals surface area contributed by atoms with E-state index >= 15 is 0 Å². The van der Waals surface area contributed by atoms with E-state index in [9.17, 15) is 9.59 Å². The second-order valence-corrected chi connectivity index (χ2v) is 6.26. The quantitative estimate of drug-likeness (QED) is 0.736. The van der Waals surface area contributed by atoms with Gasteiger partial charge in [-0.15, -0.1) is 11.8 Å². The summed E-state index contributed by atoms with van der Waals surface area (Å²) in [5.41, 5.74) is 5.92. The fourth-order valence-electron chi connectivity index (χ4n) is 1.94. The molecule has 7 heteroatoms. The lowest BCUT2D eigenvalue weighted by atomic mass is 10.2. The van der Waals surface area contributed by atoms with E-state index in [1.807, 2.05) is 31.2 Å². The van der Waals surface area contributed by atoms with E-state index in [0.29, 0.717) is 12.3 Å². The van der Waals surface area contributed by atoms with E-state index in [-0.39, 0.29) is 22.2 Å². The summed E-state index contributed by atoms with van der Waals surface area (Å²) in [6.45, 7) is 2.54. The van der Waals surface area contributed by atoms with E-state index in [0.717, 1.165) is 10.6 Å². The molecule has 0 aliphatic carbocycles. The van der Waals surface area contributed by atoms with E-state index < -0.39 is 5.91 Å². The molecule has 126 valence electrons. The predicted octanol–water partition coefficient (Wildman–Crippen LogP) is 3.57. The second kappa shape index (κ2) is 8.61. The van der Waals surface area contributed by atoms with Crippen molar-refractivity contribution in [2.75, 3.05) is 17.7 Å². The molecule has 3 N–H and O–H groups in total. The number of thioether (sulfide) groups is 1. The Balaban J connectivity index is 1.89. The Morgan fingerprint density at radius 2 is 1.92 bits per heavy atom. The molecule has 0 fully saturated rings. The Hall–Kier alpha value is -2.18. The minimum atomic E-state index is -0.607. The van der Waals surface area contributed by atoms with Crippen molar-refractivity contribution in [2.24, 2.45) is 5.73 Å². The van der Waals surface area contributed by atoms with Crippen molar-refractivity contribution in [2.45, 2.75) is 11.8 Å². The molecule has 24 heavy (non-hydrogen) atoms. The van der Waals surface area contributed by atoms with Crippen molar-refractivity contribution in [3.63, 3.8) is 0 Å². The zero-order valence-electron chi connectivity index (χ0n) is 13.0. The molecule has 2 amide bonds. The highest BCUT2D eigenvalue weighted by molar-refractivity contribution is 8.00. The number of primary amides is 1. The van der Waals surface area contributed by atoms with Gasteiger partial charge in [0.25, 0.3) is 0 Å². The number of hydrogen-bond donors (Lipinski definition) is 2. The van der Waals surface area contributed by atoms with Crippen molar-refractivity contribution < 1.29 is 14.3 Å². The van der Waals surface area contributed by atoms with Gasteiger partial charge in [-0.25, -0.2) is 0 Å². The van der Waals surface area contributed by atoms with E-state index in [1.54, 1.807) is 6.07 Å². The van der Waals surface area contributed by atoms with Gasteiger partial charge in [0.15, 0.2) is 0 Å². The Kier molecular flexibility index (Phi) is 6.52. The first-order valence-corrected chi connectivity index (χ1v) is 8.61. The Morgan fingerprint density at radius 1 is 1.21 bits per heavy atom. The number of hydrogen-bond acceptors (Lipinski definition) is 4. The van der Waals surface area contributed by atoms with Gasteiger partial charge >= 0.3 is 0 Å². The smallest absolute Gasteiger partial charge is 0.250 e. The van der Waals surface area contributed by atoms with Gasteiger partial charge in [-0.1, -0.05) is 11.6 Å². The highest BCUT2D eigenvalue weighted by atomic mass is 35.5. The summed E-state index contributed by atoms with van der Waals surface area (Å²) >= 11 is 7.36. The van der Waals surface area contributed by atoms with Crippen LogP contribution in [0.3, 0.4) is 0 Å². The number of amides is 2. The number of carbonyl (C=O) groups excluding carboxylic acids is 2. The third-order valence-electron chi connectivity index (χ3n) is 3.02. The van der Waals surface area contributed by atoms with Crippen LogP contribution in [0.15, 0.2) is 47.4 Å². The Labute approximate surface area is 149 Å². The van der Waals surface area contributed by atoms with E-state index in [2.05, 4.69) is 5.32 Å². The molecule has 0 aromatic heterocycles. The third-order valence-corrected chi connectivity index (χ3v) is 4.35. The lowest BCUT2D eigenvalue weighted by Crippen LogP contribution is -2.15. The van der Waals surface area contributed by atoms with Crippen molar-refractivity contribution >= 4 is 40.9 Å². The molecular formula is C17H17ClN2O3S. The molecule has 2 aromatic rings. The molecule has 0 atom stereocenters. The van der Waals surface area contributed by atoms with Crippen LogP contribution in [0.25, 0.3) is 0 Å². The van der Waals surface area contributed by atoms with Gasteiger partial charge < -0.3 is 15.8 Å². The van der Waals surface area contributed by atoms with Gasteiger partial charge in [0.2, 0.25) is 11.8 Å². The van der Waals surface area contributed by atoms with Crippen molar-refractivity contribution in [3.8, 4) is 5.75 Å². The molecule has 0 saturated heterocycles. The van der Waals surface area contributed by atoms with E-state index in [1.165, 1.54) is 23.9 Å². The highest BCUT2D eigenvalue weighted by Crippen LogP contribution is 2.23. The van der Waals surface area contributed by atoms with Gasteiger partial charge in [0.05, 0.1) is 22.9 Å². The van der Waals surface area contributed by atoms with Crippen LogP contribution < -0.4 is 15.8 Å². The van der Waals surface area contributed by atoms with Crippen LogP contribution in [0.4, 0.5) is 5.69 Å². The van der Waals surface area contributed by atoms with Gasteiger partial charge in [-0.3, -0.25) is 9.59 Å². The molecule has 0 aliphatic rings. The monoisotopic (exact) mass is 364 g/mol. The summed E-state index contributed by atoms with van der Waals surface area (Å²) < 4.78 is 5.37. The molecule has 2 rings (SSSR count). The fraction of sp³-hybridized carbons (Fsp3) is 0.176. The lowest BCUT2D eigenvalue weighted by molar-refractivity contribution is -0.113. The first-order valence-electron chi connectivity index (χ1n) is 7.24. The molecule has 0 heterocycles. The Morgan fingerprint density at radius 3 is 2.50 bits per heavy atom. The predicted molar refractivity (Wildman–Crippen MR) is 96.9 cm³/mol. The average Bonchev–Trinajstić information content (AvgIpc) is 2.54. The van der Waals surface area contributed by atoms with Crippen LogP contribution in [0.1, 0.15) is 17.3 Å². The standard InChI is InChI=1S/C17H17ClN2O3S/c1-2-23-12-4-6-13(7-5-12)24-10-16(21)20-11-3-8-14(17(19)22)15(18)9-11/h3-9H,2,10H2,1H3,(H2,19,22)(H,20,21). The number of rotatable bonds is 7. The molecular weight excluding hydrogens is 348 g/mol. The third kappa shape index (κ3) is 5.18. The number of ether oxygens (including phenoxy) is 1. The molecule has 0 bridgehead atoms. The minimum Gasteiger partial charge on any atom is -0.494 e. The fourth-order valence-corrected chi connectivity index (χ4v) is 2.91. The molecule has 0 radical (unpaired) electrons. The second-order valence-electron chi connectivity index (χ2n) is 4.80. The van der Waals surface area contributed by atoms with Crippen molar-refractivity contribution in [1.29, 1.82) is 0 Å². The summed E-state index contributed by atoms with van der Waals surface area (Å²) in [5.74, 6) is 0.277. The van der Waals surface area contributed by atoms with Gasteiger partial charge in [0, 0.05) is 10.6 Å². The SMILES string of the molecule is CCOc1ccc(SCC(=O)Nc2ccc(C(N)=O)c(Cl)c2)cc1. The summed E-state index contributed by atoms with van der Waals surface area (Å²) in [6, 6.07) is 12.1. The zero-order valence-corrected chi connectivity index (χ0v) is 14.6. The molecule has 5 nitrogen and oxygen atoms in total. The van der Waals surface area contributed by atoms with Crippen molar-refractivity contribution in [1.82, 2.24) is 0 Å². The summed E-state index contributed by atoms with van der Waals surface area (Å²) in [7, 11) is 0. The zero-order chi connectivity index (χ0) is 17.5. The van der Waals surface area contributed by atoms with Crippen LogP contribution in [0, 0.1) is 0 Å². The van der Waals surface area contributed by atoms with Gasteiger partial charge in [-0.2, -0.15) is 0 Å². The first kappa shape index (κ1) is 18.2. The lowest BCUT2D eigenvalue weighted by Gasteiger charge is -2.08. The maximum Gasteiger partial charge on any atom is 0.250 e. The maximum absolute atomic E-state index is 12.0. The van der Waals surface area contributed by atoms with Crippen LogP contribution in [0.5, 0.6) is 5.75 Å². The van der Waals surface area contributed by atoms with Crippen LogP contribution in [-0.4, -0.2) is 24.2 Å². The minimum absolute atomic E-state index is 0.170. The highest BCUT2D eigenvalue weighted by Gasteiger charge is 2.09.